The number of hydrogen-bond donors (Lipinski definition) is 2. The maximum Gasteiger partial charge on any atom is 0.269 e. The Morgan fingerprint density at radius 3 is 2.80 bits per heavy atom. The Hall–Kier alpha value is -2.21. The number of hydrogen-bond acceptors (Lipinski definition) is 4. The van der Waals surface area contributed by atoms with Gasteiger partial charge in [0.1, 0.15) is 0 Å². The molecule has 0 amide bonds. The smallest absolute Gasteiger partial charge is 0.269 e. The summed E-state index contributed by atoms with van der Waals surface area (Å²) in [4.78, 5) is 10.4. The zero-order chi connectivity index (χ0) is 14.7. The molecule has 0 saturated heterocycles. The highest BCUT2D eigenvalue weighted by molar-refractivity contribution is 5.35. The number of H-pyrrole nitrogens is 1. The Labute approximate surface area is 117 Å². The lowest BCUT2D eigenvalue weighted by Gasteiger charge is -2.14. The first-order chi connectivity index (χ1) is 9.49. The van der Waals surface area contributed by atoms with E-state index in [1.807, 2.05) is 26.8 Å². The van der Waals surface area contributed by atoms with Gasteiger partial charge in [-0.05, 0) is 26.3 Å². The van der Waals surface area contributed by atoms with Gasteiger partial charge in [-0.15, -0.1) is 0 Å². The molecule has 0 spiro atoms. The normalized spacial score (nSPS) is 12.3. The molecule has 0 saturated carbocycles. The number of aromatic nitrogens is 2. The topological polar surface area (TPSA) is 83.8 Å². The second-order valence-electron chi connectivity index (χ2n) is 4.87. The average molecular weight is 274 g/mol. The van der Waals surface area contributed by atoms with Gasteiger partial charge in [0, 0.05) is 36.0 Å². The van der Waals surface area contributed by atoms with Gasteiger partial charge in [-0.3, -0.25) is 15.2 Å². The van der Waals surface area contributed by atoms with Crippen LogP contribution in [0.15, 0.2) is 24.3 Å². The van der Waals surface area contributed by atoms with Crippen molar-refractivity contribution < 1.29 is 4.92 Å². The summed E-state index contributed by atoms with van der Waals surface area (Å²) in [5, 5.41) is 21.2. The number of rotatable bonds is 5. The third kappa shape index (κ3) is 3.03. The van der Waals surface area contributed by atoms with Crippen molar-refractivity contribution in [1.82, 2.24) is 15.5 Å². The molecule has 106 valence electrons. The third-order valence-electron chi connectivity index (χ3n) is 3.45. The number of non-ortho nitro benzene ring substituents is 1. The fourth-order valence-electron chi connectivity index (χ4n) is 2.12. The average Bonchev–Trinajstić information content (AvgIpc) is 2.75. The zero-order valence-corrected chi connectivity index (χ0v) is 11.8. The van der Waals surface area contributed by atoms with Crippen LogP contribution in [0, 0.1) is 24.0 Å². The van der Waals surface area contributed by atoms with Crippen molar-refractivity contribution >= 4 is 5.69 Å². The lowest BCUT2D eigenvalue weighted by Crippen LogP contribution is -2.18. The van der Waals surface area contributed by atoms with Crippen LogP contribution in [0.3, 0.4) is 0 Å². The SMILES string of the molecule is Cc1n[nH]c(C)c1CNC(C)c1cccc([N+](=O)[O-])c1. The number of nitro groups is 1. The van der Waals surface area contributed by atoms with Gasteiger partial charge in [-0.1, -0.05) is 12.1 Å². The summed E-state index contributed by atoms with van der Waals surface area (Å²) in [5.74, 6) is 0. The van der Waals surface area contributed by atoms with Crippen LogP contribution in [-0.4, -0.2) is 15.1 Å². The molecule has 1 atom stereocenters. The summed E-state index contributed by atoms with van der Waals surface area (Å²) in [6, 6.07) is 6.73. The van der Waals surface area contributed by atoms with Crippen LogP contribution < -0.4 is 5.32 Å². The van der Waals surface area contributed by atoms with Crippen LogP contribution in [0.4, 0.5) is 5.69 Å². The number of nitro benzene ring substituents is 1. The fraction of sp³-hybridized carbons (Fsp3) is 0.357. The molecule has 0 aliphatic carbocycles. The molecule has 1 aromatic carbocycles. The second kappa shape index (κ2) is 5.83. The molecular weight excluding hydrogens is 256 g/mol. The van der Waals surface area contributed by atoms with Crippen molar-refractivity contribution in [3.63, 3.8) is 0 Å². The number of benzene rings is 1. The quantitative estimate of drug-likeness (QED) is 0.648. The monoisotopic (exact) mass is 274 g/mol. The number of aryl methyl sites for hydroxylation is 2. The summed E-state index contributed by atoms with van der Waals surface area (Å²) < 4.78 is 0. The van der Waals surface area contributed by atoms with Crippen LogP contribution in [0.25, 0.3) is 0 Å². The first kappa shape index (κ1) is 14.2. The molecule has 2 N–H and O–H groups in total. The Balaban J connectivity index is 2.07. The zero-order valence-electron chi connectivity index (χ0n) is 11.8. The number of nitrogens with zero attached hydrogens (tertiary/aromatic N) is 2. The molecule has 0 aliphatic rings. The van der Waals surface area contributed by atoms with Crippen molar-refractivity contribution in [1.29, 1.82) is 0 Å². The van der Waals surface area contributed by atoms with Gasteiger partial charge in [0.2, 0.25) is 0 Å². The maximum atomic E-state index is 10.8. The van der Waals surface area contributed by atoms with Crippen molar-refractivity contribution in [3.05, 3.63) is 56.9 Å². The van der Waals surface area contributed by atoms with Crippen LogP contribution >= 0.6 is 0 Å². The molecule has 0 bridgehead atoms. The highest BCUT2D eigenvalue weighted by Crippen LogP contribution is 2.20. The minimum absolute atomic E-state index is 0.0311. The first-order valence-electron chi connectivity index (χ1n) is 6.47. The fourth-order valence-corrected chi connectivity index (χ4v) is 2.12. The molecule has 2 rings (SSSR count). The third-order valence-corrected chi connectivity index (χ3v) is 3.45. The summed E-state index contributed by atoms with van der Waals surface area (Å²) in [5.41, 5.74) is 4.18. The Morgan fingerprint density at radius 2 is 2.20 bits per heavy atom. The van der Waals surface area contributed by atoms with Crippen LogP contribution in [0.2, 0.25) is 0 Å². The highest BCUT2D eigenvalue weighted by atomic mass is 16.6. The predicted octanol–water partition coefficient (Wildman–Crippen LogP) is 2.79. The highest BCUT2D eigenvalue weighted by Gasteiger charge is 2.12. The van der Waals surface area contributed by atoms with E-state index >= 15 is 0 Å². The summed E-state index contributed by atoms with van der Waals surface area (Å²) >= 11 is 0. The standard InChI is InChI=1S/C14H18N4O2/c1-9(12-5-4-6-13(7-12)18(19)20)15-8-14-10(2)16-17-11(14)3/h4-7,9,15H,8H2,1-3H3,(H,16,17). The maximum absolute atomic E-state index is 10.8. The van der Waals surface area contributed by atoms with Gasteiger partial charge in [-0.2, -0.15) is 5.10 Å². The van der Waals surface area contributed by atoms with E-state index in [4.69, 9.17) is 0 Å². The molecular formula is C14H18N4O2. The van der Waals surface area contributed by atoms with Crippen molar-refractivity contribution in [2.75, 3.05) is 0 Å². The first-order valence-corrected chi connectivity index (χ1v) is 6.47. The Morgan fingerprint density at radius 1 is 1.45 bits per heavy atom. The molecule has 6 heteroatoms. The lowest BCUT2D eigenvalue weighted by atomic mass is 10.1. The van der Waals surface area contributed by atoms with Gasteiger partial charge in [-0.25, -0.2) is 0 Å². The number of nitrogens with one attached hydrogen (secondary N) is 2. The molecule has 6 nitrogen and oxygen atoms in total. The van der Waals surface area contributed by atoms with E-state index < -0.39 is 0 Å². The van der Waals surface area contributed by atoms with E-state index in [1.54, 1.807) is 12.1 Å². The van der Waals surface area contributed by atoms with E-state index in [2.05, 4.69) is 15.5 Å². The molecule has 1 heterocycles. The second-order valence-corrected chi connectivity index (χ2v) is 4.87. The molecule has 20 heavy (non-hydrogen) atoms. The van der Waals surface area contributed by atoms with Crippen molar-refractivity contribution in [2.24, 2.45) is 0 Å². The largest absolute Gasteiger partial charge is 0.306 e. The summed E-state index contributed by atoms with van der Waals surface area (Å²) in [7, 11) is 0. The van der Waals surface area contributed by atoms with Crippen LogP contribution in [-0.2, 0) is 6.54 Å². The molecule has 0 fully saturated rings. The van der Waals surface area contributed by atoms with E-state index in [1.165, 1.54) is 6.07 Å². The molecule has 0 aliphatic heterocycles. The molecule has 1 unspecified atom stereocenters. The van der Waals surface area contributed by atoms with Gasteiger partial charge in [0.25, 0.3) is 5.69 Å². The summed E-state index contributed by atoms with van der Waals surface area (Å²) in [6.07, 6.45) is 0. The molecule has 2 aromatic rings. The van der Waals surface area contributed by atoms with E-state index in [0.717, 1.165) is 22.5 Å². The predicted molar refractivity (Wildman–Crippen MR) is 76.4 cm³/mol. The molecule has 1 aromatic heterocycles. The van der Waals surface area contributed by atoms with Crippen LogP contribution in [0.1, 0.15) is 35.5 Å². The molecule has 0 radical (unpaired) electrons. The number of aromatic amines is 1. The van der Waals surface area contributed by atoms with Crippen LogP contribution in [0.5, 0.6) is 0 Å². The Kier molecular flexibility index (Phi) is 4.14. The van der Waals surface area contributed by atoms with Gasteiger partial charge in [0.05, 0.1) is 10.6 Å². The van der Waals surface area contributed by atoms with Crippen molar-refractivity contribution in [2.45, 2.75) is 33.4 Å². The van der Waals surface area contributed by atoms with E-state index in [0.29, 0.717) is 6.54 Å². The minimum atomic E-state index is -0.374. The van der Waals surface area contributed by atoms with Crippen molar-refractivity contribution in [3.8, 4) is 0 Å². The van der Waals surface area contributed by atoms with Gasteiger partial charge >= 0.3 is 0 Å². The minimum Gasteiger partial charge on any atom is -0.306 e. The summed E-state index contributed by atoms with van der Waals surface area (Å²) in [6.45, 7) is 6.61. The van der Waals surface area contributed by atoms with E-state index in [9.17, 15) is 10.1 Å². The van der Waals surface area contributed by atoms with E-state index in [-0.39, 0.29) is 16.7 Å². The van der Waals surface area contributed by atoms with Gasteiger partial charge < -0.3 is 5.32 Å². The Bertz CT molecular complexity index is 602. The van der Waals surface area contributed by atoms with Gasteiger partial charge in [0.15, 0.2) is 0 Å². The lowest BCUT2D eigenvalue weighted by molar-refractivity contribution is -0.384.